The summed E-state index contributed by atoms with van der Waals surface area (Å²) in [6, 6.07) is 12.5. The predicted octanol–water partition coefficient (Wildman–Crippen LogP) is 1.65. The van der Waals surface area contributed by atoms with Crippen LogP contribution in [0.15, 0.2) is 53.4 Å². The first-order valence-corrected chi connectivity index (χ1v) is 6.69. The second kappa shape index (κ2) is 4.58. The lowest BCUT2D eigenvalue weighted by molar-refractivity contribution is 0.601. The fraction of sp³-hybridized carbons (Fsp3) is 0. The molecule has 0 aliphatic rings. The third-order valence-electron chi connectivity index (χ3n) is 2.33. The maximum Gasteiger partial charge on any atom is 0.261 e. The quantitative estimate of drug-likeness (QED) is 0.733. The molecule has 18 heavy (non-hydrogen) atoms. The Balaban J connectivity index is 2.30. The van der Waals surface area contributed by atoms with Gasteiger partial charge in [-0.25, -0.2) is 8.42 Å². The van der Waals surface area contributed by atoms with Crippen LogP contribution in [0.1, 0.15) is 0 Å². The van der Waals surface area contributed by atoms with E-state index in [1.165, 1.54) is 24.3 Å². The van der Waals surface area contributed by atoms with Gasteiger partial charge in [0.1, 0.15) is 0 Å². The van der Waals surface area contributed by atoms with Gasteiger partial charge in [0.05, 0.1) is 10.6 Å². The third-order valence-corrected chi connectivity index (χ3v) is 3.73. The molecule has 0 bridgehead atoms. The van der Waals surface area contributed by atoms with E-state index in [-0.39, 0.29) is 4.90 Å². The molecule has 0 fully saturated rings. The van der Waals surface area contributed by atoms with Crippen molar-refractivity contribution in [3.63, 3.8) is 0 Å². The van der Waals surface area contributed by atoms with E-state index in [2.05, 4.69) is 4.72 Å². The molecule has 2 rings (SSSR count). The zero-order chi connectivity index (χ0) is 13.2. The fourth-order valence-electron chi connectivity index (χ4n) is 1.46. The van der Waals surface area contributed by atoms with Gasteiger partial charge in [0, 0.05) is 11.4 Å². The van der Waals surface area contributed by atoms with Gasteiger partial charge in [-0.15, -0.1) is 0 Å². The van der Waals surface area contributed by atoms with Crippen LogP contribution in [0, 0.1) is 0 Å². The Kier molecular flexibility index (Phi) is 3.12. The monoisotopic (exact) mass is 263 g/mol. The second-order valence-corrected chi connectivity index (χ2v) is 5.48. The Morgan fingerprint density at radius 2 is 1.56 bits per heavy atom. The largest absolute Gasteiger partial charge is 0.399 e. The number of nitrogens with one attached hydrogen (secondary N) is 1. The van der Waals surface area contributed by atoms with Crippen LogP contribution in [0.5, 0.6) is 0 Å². The normalized spacial score (nSPS) is 11.1. The van der Waals surface area contributed by atoms with Crippen LogP contribution in [-0.2, 0) is 10.0 Å². The zero-order valence-corrected chi connectivity index (χ0v) is 10.3. The lowest BCUT2D eigenvalue weighted by Crippen LogP contribution is -2.13. The van der Waals surface area contributed by atoms with Crippen molar-refractivity contribution in [1.82, 2.24) is 0 Å². The summed E-state index contributed by atoms with van der Waals surface area (Å²) >= 11 is 0. The maximum absolute atomic E-state index is 12.0. The number of benzene rings is 2. The Hall–Kier alpha value is -2.21. The van der Waals surface area contributed by atoms with Crippen LogP contribution in [0.2, 0.25) is 0 Å². The number of nitrogens with two attached hydrogens (primary N) is 2. The van der Waals surface area contributed by atoms with E-state index in [1.54, 1.807) is 24.3 Å². The summed E-state index contributed by atoms with van der Waals surface area (Å²) in [5.74, 6) is 0. The Bertz CT molecular complexity index is 651. The minimum Gasteiger partial charge on any atom is -0.399 e. The molecule has 5 nitrogen and oxygen atoms in total. The van der Waals surface area contributed by atoms with Crippen LogP contribution in [0.3, 0.4) is 0 Å². The predicted molar refractivity (Wildman–Crippen MR) is 72.5 cm³/mol. The summed E-state index contributed by atoms with van der Waals surface area (Å²) in [5.41, 5.74) is 12.5. The molecule has 0 aliphatic carbocycles. The molecule has 5 N–H and O–H groups in total. The standard InChI is InChI=1S/C12H13N3O2S/c13-9-4-6-12(7-5-9)18(16,17)15-11-3-1-2-10(14)8-11/h1-8,15H,13-14H2. The zero-order valence-electron chi connectivity index (χ0n) is 9.50. The molecular formula is C12H13N3O2S. The van der Waals surface area contributed by atoms with E-state index in [0.717, 1.165) is 0 Å². The minimum atomic E-state index is -3.61. The average Bonchev–Trinajstić information content (AvgIpc) is 2.29. The van der Waals surface area contributed by atoms with Crippen LogP contribution < -0.4 is 16.2 Å². The molecule has 0 radical (unpaired) electrons. The van der Waals surface area contributed by atoms with Gasteiger partial charge < -0.3 is 11.5 Å². The van der Waals surface area contributed by atoms with Crippen LogP contribution in [0.25, 0.3) is 0 Å². The number of nitrogen functional groups attached to an aromatic ring is 2. The SMILES string of the molecule is Nc1ccc(S(=O)(=O)Nc2cccc(N)c2)cc1. The highest BCUT2D eigenvalue weighted by Crippen LogP contribution is 2.18. The highest BCUT2D eigenvalue weighted by Gasteiger charge is 2.13. The average molecular weight is 263 g/mol. The van der Waals surface area contributed by atoms with Crippen LogP contribution in [0.4, 0.5) is 17.1 Å². The van der Waals surface area contributed by atoms with Gasteiger partial charge in [-0.3, -0.25) is 4.72 Å². The maximum atomic E-state index is 12.0. The van der Waals surface area contributed by atoms with E-state index in [9.17, 15) is 8.42 Å². The Labute approximate surface area is 105 Å². The van der Waals surface area contributed by atoms with Crippen molar-refractivity contribution in [2.75, 3.05) is 16.2 Å². The Morgan fingerprint density at radius 1 is 0.889 bits per heavy atom. The van der Waals surface area contributed by atoms with Gasteiger partial charge in [-0.2, -0.15) is 0 Å². The first-order valence-electron chi connectivity index (χ1n) is 5.21. The van der Waals surface area contributed by atoms with Gasteiger partial charge >= 0.3 is 0 Å². The van der Waals surface area contributed by atoms with E-state index in [1.807, 2.05) is 0 Å². The van der Waals surface area contributed by atoms with Crippen molar-refractivity contribution in [3.05, 3.63) is 48.5 Å². The van der Waals surface area contributed by atoms with Gasteiger partial charge in [-0.1, -0.05) is 6.07 Å². The number of rotatable bonds is 3. The number of sulfonamides is 1. The molecule has 0 heterocycles. The molecule has 0 aliphatic heterocycles. The number of anilines is 3. The molecule has 2 aromatic carbocycles. The van der Waals surface area contributed by atoms with Crippen molar-refractivity contribution >= 4 is 27.1 Å². The molecular weight excluding hydrogens is 250 g/mol. The smallest absolute Gasteiger partial charge is 0.261 e. The lowest BCUT2D eigenvalue weighted by atomic mass is 10.3. The molecule has 6 heteroatoms. The highest BCUT2D eigenvalue weighted by atomic mass is 32.2. The van der Waals surface area contributed by atoms with Crippen molar-refractivity contribution in [3.8, 4) is 0 Å². The first kappa shape index (κ1) is 12.3. The fourth-order valence-corrected chi connectivity index (χ4v) is 2.51. The van der Waals surface area contributed by atoms with Gasteiger partial charge in [0.15, 0.2) is 0 Å². The lowest BCUT2D eigenvalue weighted by Gasteiger charge is -2.08. The van der Waals surface area contributed by atoms with Crippen LogP contribution in [-0.4, -0.2) is 8.42 Å². The summed E-state index contributed by atoms with van der Waals surface area (Å²) in [4.78, 5) is 0.152. The molecule has 0 unspecified atom stereocenters. The van der Waals surface area contributed by atoms with Crippen molar-refractivity contribution in [1.29, 1.82) is 0 Å². The molecule has 2 aromatic rings. The molecule has 0 saturated carbocycles. The van der Waals surface area contributed by atoms with E-state index >= 15 is 0 Å². The first-order chi connectivity index (χ1) is 8.47. The second-order valence-electron chi connectivity index (χ2n) is 3.80. The van der Waals surface area contributed by atoms with Crippen LogP contribution >= 0.6 is 0 Å². The molecule has 94 valence electrons. The van der Waals surface area contributed by atoms with Crippen molar-refractivity contribution < 1.29 is 8.42 Å². The van der Waals surface area contributed by atoms with Gasteiger partial charge in [0.2, 0.25) is 0 Å². The van der Waals surface area contributed by atoms with E-state index in [4.69, 9.17) is 11.5 Å². The third kappa shape index (κ3) is 2.72. The molecule has 0 amide bonds. The van der Waals surface area contributed by atoms with E-state index in [0.29, 0.717) is 17.1 Å². The highest BCUT2D eigenvalue weighted by molar-refractivity contribution is 7.92. The number of hydrogen-bond acceptors (Lipinski definition) is 4. The summed E-state index contributed by atoms with van der Waals surface area (Å²) in [5, 5.41) is 0. The Morgan fingerprint density at radius 3 is 2.17 bits per heavy atom. The molecule has 0 aromatic heterocycles. The summed E-state index contributed by atoms with van der Waals surface area (Å²) in [6.07, 6.45) is 0. The summed E-state index contributed by atoms with van der Waals surface area (Å²) in [7, 11) is -3.61. The van der Waals surface area contributed by atoms with E-state index < -0.39 is 10.0 Å². The summed E-state index contributed by atoms with van der Waals surface area (Å²) < 4.78 is 26.5. The van der Waals surface area contributed by atoms with Gasteiger partial charge in [0.25, 0.3) is 10.0 Å². The van der Waals surface area contributed by atoms with Gasteiger partial charge in [-0.05, 0) is 42.5 Å². The minimum absolute atomic E-state index is 0.152. The van der Waals surface area contributed by atoms with Crippen molar-refractivity contribution in [2.24, 2.45) is 0 Å². The van der Waals surface area contributed by atoms with Crippen molar-refractivity contribution in [2.45, 2.75) is 4.90 Å². The topological polar surface area (TPSA) is 98.2 Å². The molecule has 0 atom stereocenters. The molecule has 0 spiro atoms. The molecule has 0 saturated heterocycles. The summed E-state index contributed by atoms with van der Waals surface area (Å²) in [6.45, 7) is 0. The number of hydrogen-bond donors (Lipinski definition) is 3.